The normalized spacial score (nSPS) is 14.2. The monoisotopic (exact) mass is 864 g/mol. The predicted molar refractivity (Wildman–Crippen MR) is 287 cm³/mol. The van der Waals surface area contributed by atoms with Crippen molar-refractivity contribution in [3.8, 4) is 44.5 Å². The lowest BCUT2D eigenvalue weighted by atomic mass is 9.31. The van der Waals surface area contributed by atoms with E-state index < -0.39 is 0 Å². The first-order valence-electron chi connectivity index (χ1n) is 24.2. The standard InChI is InChI=1S/C62H54B2N2O/c1-60(2,3)41-24-26-45-47-28-29-53-55-57(47)66-56-49(46-27-25-42(61(4,5)6)35-51(46)64(66)50(45)34-41)33-43(62(7,8)9)36-52(56)63(55)59-58(48-22-16-17-23-54(48)67-59)65(53)44-31-39(37-18-12-10-13-19-37)30-40(32-44)38-20-14-11-15-21-38/h10-36H,1-9H3. The highest BCUT2D eigenvalue weighted by Gasteiger charge is 2.54. The van der Waals surface area contributed by atoms with Crippen molar-refractivity contribution in [1.29, 1.82) is 0 Å². The van der Waals surface area contributed by atoms with Crippen molar-refractivity contribution in [3.05, 3.63) is 180 Å². The average Bonchev–Trinajstić information content (AvgIpc) is 3.71. The van der Waals surface area contributed by atoms with Crippen LogP contribution in [0.15, 0.2) is 168 Å². The van der Waals surface area contributed by atoms with Crippen molar-refractivity contribution < 1.29 is 4.42 Å². The molecule has 5 heteroatoms. The summed E-state index contributed by atoms with van der Waals surface area (Å²) in [4.78, 5) is 5.33. The number of furan rings is 1. The third kappa shape index (κ3) is 5.86. The van der Waals surface area contributed by atoms with Crippen LogP contribution in [0.2, 0.25) is 0 Å². The van der Waals surface area contributed by atoms with E-state index in [9.17, 15) is 0 Å². The lowest BCUT2D eigenvalue weighted by Gasteiger charge is -2.51. The molecule has 324 valence electrons. The fraction of sp³-hybridized carbons (Fsp3) is 0.194. The second kappa shape index (κ2) is 13.8. The number of hydrogen-bond donors (Lipinski definition) is 0. The van der Waals surface area contributed by atoms with Crippen LogP contribution < -0.4 is 37.2 Å². The Balaban J connectivity index is 1.19. The molecule has 4 aliphatic rings. The highest BCUT2D eigenvalue weighted by Crippen LogP contribution is 2.53. The summed E-state index contributed by atoms with van der Waals surface area (Å²) in [6.45, 7) is 21.0. The SMILES string of the molecule is CC(C)(C)c1ccc2c(c1)B1c3cc(C(C)(C)C)ccc3-c3ccc4c5c3N1c1c(cc(C(C)(C)C)cc1-2)B5c1oc2ccccc2c1N4c1cc(-c2ccccc2)cc(-c2ccccc2)c1. The quantitative estimate of drug-likeness (QED) is 0.165. The molecule has 3 nitrogen and oxygen atoms in total. The van der Waals surface area contributed by atoms with Crippen LogP contribution in [0.3, 0.4) is 0 Å². The third-order valence-corrected chi connectivity index (χ3v) is 15.3. The number of anilines is 5. The molecule has 0 bridgehead atoms. The molecule has 13 rings (SSSR count). The van der Waals surface area contributed by atoms with Crippen LogP contribution in [-0.2, 0) is 16.2 Å². The van der Waals surface area contributed by atoms with Gasteiger partial charge in [-0.15, -0.1) is 0 Å². The van der Waals surface area contributed by atoms with Crippen molar-refractivity contribution in [2.45, 2.75) is 78.6 Å². The zero-order valence-corrected chi connectivity index (χ0v) is 40.0. The Bertz CT molecular complexity index is 3490. The molecule has 0 saturated heterocycles. The maximum Gasteiger partial charge on any atom is 0.329 e. The summed E-state index contributed by atoms with van der Waals surface area (Å²) in [5, 5.41) is 1.12. The minimum absolute atomic E-state index is 0.0152. The number of nitrogens with zero attached hydrogens (tertiary/aromatic N) is 2. The average molecular weight is 865 g/mol. The Labute approximate surface area is 396 Å². The lowest BCUT2D eigenvalue weighted by Crippen LogP contribution is -2.69. The maximum absolute atomic E-state index is 7.40. The second-order valence-corrected chi connectivity index (χ2v) is 22.6. The molecule has 0 radical (unpaired) electrons. The summed E-state index contributed by atoms with van der Waals surface area (Å²) >= 11 is 0. The van der Waals surface area contributed by atoms with Gasteiger partial charge in [0.2, 0.25) is 0 Å². The summed E-state index contributed by atoms with van der Waals surface area (Å²) in [6, 6.07) is 62.2. The predicted octanol–water partition coefficient (Wildman–Crippen LogP) is 13.2. The molecule has 0 N–H and O–H groups in total. The molecule has 0 spiro atoms. The number of para-hydroxylation sites is 1. The molecule has 1 aromatic heterocycles. The van der Waals surface area contributed by atoms with E-state index >= 15 is 0 Å². The Kier molecular flexibility index (Phi) is 8.30. The Hall–Kier alpha value is -6.97. The largest absolute Gasteiger partial charge is 0.468 e. The summed E-state index contributed by atoms with van der Waals surface area (Å²) in [7, 11) is 0. The van der Waals surface area contributed by atoms with E-state index in [1.165, 1.54) is 100 Å². The number of hydrogen-bond acceptors (Lipinski definition) is 3. The van der Waals surface area contributed by atoms with Crippen LogP contribution in [0.1, 0.15) is 79.0 Å². The molecular formula is C62H54B2N2O. The van der Waals surface area contributed by atoms with Gasteiger partial charge in [0.1, 0.15) is 5.58 Å². The van der Waals surface area contributed by atoms with E-state index in [-0.39, 0.29) is 29.8 Å². The molecule has 67 heavy (non-hydrogen) atoms. The first kappa shape index (κ1) is 40.3. The molecule has 0 aliphatic carbocycles. The Morgan fingerprint density at radius 3 is 1.55 bits per heavy atom. The molecule has 9 aromatic rings. The van der Waals surface area contributed by atoms with Gasteiger partial charge in [-0.3, -0.25) is 0 Å². The second-order valence-electron chi connectivity index (χ2n) is 22.6. The van der Waals surface area contributed by atoms with Crippen LogP contribution in [0.4, 0.5) is 28.4 Å². The van der Waals surface area contributed by atoms with Gasteiger partial charge in [0.25, 0.3) is 6.71 Å². The zero-order chi connectivity index (χ0) is 45.9. The van der Waals surface area contributed by atoms with E-state index in [0.717, 1.165) is 28.0 Å². The Morgan fingerprint density at radius 1 is 0.418 bits per heavy atom. The van der Waals surface area contributed by atoms with Gasteiger partial charge in [-0.2, -0.15) is 0 Å². The van der Waals surface area contributed by atoms with Crippen molar-refractivity contribution in [2.24, 2.45) is 0 Å². The fourth-order valence-corrected chi connectivity index (χ4v) is 11.8. The summed E-state index contributed by atoms with van der Waals surface area (Å²) < 4.78 is 7.40. The van der Waals surface area contributed by atoms with Gasteiger partial charge in [0.15, 0.2) is 0 Å². The van der Waals surface area contributed by atoms with Crippen molar-refractivity contribution in [3.63, 3.8) is 0 Å². The summed E-state index contributed by atoms with van der Waals surface area (Å²) in [5.74, 6) is 0. The third-order valence-electron chi connectivity index (χ3n) is 15.3. The summed E-state index contributed by atoms with van der Waals surface area (Å²) in [6.07, 6.45) is 0. The van der Waals surface area contributed by atoms with E-state index in [1.807, 2.05) is 0 Å². The molecule has 4 aliphatic heterocycles. The molecule has 8 aromatic carbocycles. The van der Waals surface area contributed by atoms with E-state index in [2.05, 4.69) is 236 Å². The van der Waals surface area contributed by atoms with Gasteiger partial charge >= 0.3 is 6.85 Å². The summed E-state index contributed by atoms with van der Waals surface area (Å²) in [5.41, 5.74) is 27.2. The van der Waals surface area contributed by atoms with Gasteiger partial charge < -0.3 is 14.1 Å². The highest BCUT2D eigenvalue weighted by atomic mass is 16.3. The minimum atomic E-state index is -0.145. The van der Waals surface area contributed by atoms with Crippen molar-refractivity contribution >= 4 is 80.5 Å². The first-order chi connectivity index (χ1) is 32.1. The molecule has 0 amide bonds. The van der Waals surface area contributed by atoms with Crippen LogP contribution >= 0.6 is 0 Å². The molecule has 0 fully saturated rings. The smallest absolute Gasteiger partial charge is 0.329 e. The Morgan fingerprint density at radius 2 is 0.955 bits per heavy atom. The molecule has 5 heterocycles. The van der Waals surface area contributed by atoms with Crippen molar-refractivity contribution in [1.82, 2.24) is 0 Å². The number of rotatable bonds is 3. The number of benzene rings is 8. The zero-order valence-electron chi connectivity index (χ0n) is 40.0. The van der Waals surface area contributed by atoms with E-state index in [0.29, 0.717) is 0 Å². The molecule has 0 unspecified atom stereocenters. The topological polar surface area (TPSA) is 19.6 Å². The first-order valence-corrected chi connectivity index (χ1v) is 24.2. The molecule has 0 atom stereocenters. The lowest BCUT2D eigenvalue weighted by molar-refractivity contribution is 0.590. The van der Waals surface area contributed by atoms with Crippen LogP contribution in [0.25, 0.3) is 55.5 Å². The molecular weight excluding hydrogens is 810 g/mol. The van der Waals surface area contributed by atoms with Gasteiger partial charge in [-0.1, -0.05) is 184 Å². The van der Waals surface area contributed by atoms with Crippen molar-refractivity contribution in [2.75, 3.05) is 9.71 Å². The van der Waals surface area contributed by atoms with Crippen LogP contribution in [-0.4, -0.2) is 13.6 Å². The molecule has 0 saturated carbocycles. The van der Waals surface area contributed by atoms with Crippen LogP contribution in [0, 0.1) is 0 Å². The number of fused-ring (bicyclic) bond motifs is 11. The fourth-order valence-electron chi connectivity index (χ4n) is 11.8. The minimum Gasteiger partial charge on any atom is -0.468 e. The van der Waals surface area contributed by atoms with Gasteiger partial charge in [-0.25, -0.2) is 0 Å². The van der Waals surface area contributed by atoms with E-state index in [1.54, 1.807) is 0 Å². The van der Waals surface area contributed by atoms with Gasteiger partial charge in [0, 0.05) is 39.3 Å². The van der Waals surface area contributed by atoms with Crippen LogP contribution in [0.5, 0.6) is 0 Å². The van der Waals surface area contributed by atoms with Gasteiger partial charge in [-0.05, 0) is 131 Å². The maximum atomic E-state index is 7.40. The van der Waals surface area contributed by atoms with E-state index in [4.69, 9.17) is 4.42 Å². The van der Waals surface area contributed by atoms with Gasteiger partial charge in [0.05, 0.1) is 11.3 Å². The highest BCUT2D eigenvalue weighted by molar-refractivity contribution is 7.03.